The number of carbonyl (C=O) groups excluding carboxylic acids is 1. The summed E-state index contributed by atoms with van der Waals surface area (Å²) in [4.78, 5) is 25.3. The molecule has 2 rings (SSSR count). The number of aromatic nitrogens is 3. The summed E-state index contributed by atoms with van der Waals surface area (Å²) < 4.78 is 0. The molecule has 0 aliphatic rings. The molecule has 0 aliphatic carbocycles. The standard InChI is InChI=1S/C12H13N5O/c1-9(12(13)18)17(10-3-2-4-14-7-10)11-8-15-5-6-16-11/h2-9H,1H3,(H2,13,18)/t9-/m1/s1. The van der Waals surface area contributed by atoms with Gasteiger partial charge in [0, 0.05) is 18.6 Å². The van der Waals surface area contributed by atoms with E-state index in [1.807, 2.05) is 6.07 Å². The number of carbonyl (C=O) groups is 1. The summed E-state index contributed by atoms with van der Waals surface area (Å²) in [7, 11) is 0. The Morgan fingerprint density at radius 3 is 2.61 bits per heavy atom. The highest BCUT2D eigenvalue weighted by Gasteiger charge is 2.22. The van der Waals surface area contributed by atoms with Crippen LogP contribution in [0.2, 0.25) is 0 Å². The summed E-state index contributed by atoms with van der Waals surface area (Å²) in [5, 5.41) is 0. The van der Waals surface area contributed by atoms with Crippen LogP contribution in [-0.4, -0.2) is 26.9 Å². The summed E-state index contributed by atoms with van der Waals surface area (Å²) in [6.07, 6.45) is 8.01. The molecule has 1 atom stereocenters. The Morgan fingerprint density at radius 2 is 2.06 bits per heavy atom. The fraction of sp³-hybridized carbons (Fsp3) is 0.167. The predicted molar refractivity (Wildman–Crippen MR) is 67.1 cm³/mol. The number of primary amides is 1. The van der Waals surface area contributed by atoms with E-state index in [1.54, 1.807) is 48.9 Å². The second-order valence-corrected chi connectivity index (χ2v) is 3.72. The van der Waals surface area contributed by atoms with Crippen LogP contribution in [0.4, 0.5) is 11.5 Å². The van der Waals surface area contributed by atoms with Gasteiger partial charge in [-0.1, -0.05) is 0 Å². The van der Waals surface area contributed by atoms with E-state index in [1.165, 1.54) is 0 Å². The number of nitrogens with two attached hydrogens (primary N) is 1. The molecular formula is C12H13N5O. The maximum atomic E-state index is 11.4. The lowest BCUT2D eigenvalue weighted by Crippen LogP contribution is -2.40. The highest BCUT2D eigenvalue weighted by atomic mass is 16.1. The molecule has 0 unspecified atom stereocenters. The number of hydrogen-bond acceptors (Lipinski definition) is 5. The largest absolute Gasteiger partial charge is 0.368 e. The van der Waals surface area contributed by atoms with E-state index in [4.69, 9.17) is 5.73 Å². The molecule has 0 aromatic carbocycles. The van der Waals surface area contributed by atoms with Gasteiger partial charge in [-0.2, -0.15) is 0 Å². The summed E-state index contributed by atoms with van der Waals surface area (Å²) in [6, 6.07) is 3.08. The molecule has 0 spiro atoms. The normalized spacial score (nSPS) is 11.8. The number of anilines is 2. The van der Waals surface area contributed by atoms with Crippen molar-refractivity contribution in [2.24, 2.45) is 5.73 Å². The van der Waals surface area contributed by atoms with Crippen LogP contribution < -0.4 is 10.6 Å². The molecule has 1 amide bonds. The van der Waals surface area contributed by atoms with Gasteiger partial charge in [0.25, 0.3) is 0 Å². The van der Waals surface area contributed by atoms with E-state index in [9.17, 15) is 4.79 Å². The van der Waals surface area contributed by atoms with Crippen molar-refractivity contribution in [3.05, 3.63) is 43.1 Å². The van der Waals surface area contributed by atoms with Crippen molar-refractivity contribution in [1.82, 2.24) is 15.0 Å². The van der Waals surface area contributed by atoms with Crippen LogP contribution in [0.25, 0.3) is 0 Å². The van der Waals surface area contributed by atoms with Crippen LogP contribution in [0, 0.1) is 0 Å². The van der Waals surface area contributed by atoms with Crippen LogP contribution in [0.15, 0.2) is 43.1 Å². The van der Waals surface area contributed by atoms with Gasteiger partial charge in [-0.15, -0.1) is 0 Å². The zero-order valence-corrected chi connectivity index (χ0v) is 9.89. The predicted octanol–water partition coefficient (Wildman–Crippen LogP) is 0.883. The molecule has 92 valence electrons. The van der Waals surface area contributed by atoms with Crippen molar-refractivity contribution < 1.29 is 4.79 Å². The third kappa shape index (κ3) is 2.42. The second kappa shape index (κ2) is 5.22. The maximum absolute atomic E-state index is 11.4. The Morgan fingerprint density at radius 1 is 1.28 bits per heavy atom. The van der Waals surface area contributed by atoms with Crippen molar-refractivity contribution in [3.63, 3.8) is 0 Å². The first-order chi connectivity index (χ1) is 8.70. The molecule has 6 nitrogen and oxygen atoms in total. The van der Waals surface area contributed by atoms with E-state index in [-0.39, 0.29) is 0 Å². The fourth-order valence-electron chi connectivity index (χ4n) is 1.59. The maximum Gasteiger partial charge on any atom is 0.240 e. The Bertz CT molecular complexity index is 477. The second-order valence-electron chi connectivity index (χ2n) is 3.72. The first-order valence-electron chi connectivity index (χ1n) is 5.44. The molecule has 0 aliphatic heterocycles. The molecule has 0 radical (unpaired) electrons. The first-order valence-corrected chi connectivity index (χ1v) is 5.44. The third-order valence-electron chi connectivity index (χ3n) is 2.52. The number of pyridine rings is 1. The Labute approximate surface area is 105 Å². The quantitative estimate of drug-likeness (QED) is 0.861. The Kier molecular flexibility index (Phi) is 3.47. The minimum Gasteiger partial charge on any atom is -0.368 e. The lowest BCUT2D eigenvalue weighted by Gasteiger charge is -2.27. The monoisotopic (exact) mass is 243 g/mol. The lowest BCUT2D eigenvalue weighted by molar-refractivity contribution is -0.118. The van der Waals surface area contributed by atoms with Crippen molar-refractivity contribution in [3.8, 4) is 0 Å². The van der Waals surface area contributed by atoms with Gasteiger partial charge in [0.05, 0.1) is 18.1 Å². The molecule has 0 bridgehead atoms. The van der Waals surface area contributed by atoms with Gasteiger partial charge in [-0.3, -0.25) is 14.8 Å². The number of nitrogens with zero attached hydrogens (tertiary/aromatic N) is 4. The van der Waals surface area contributed by atoms with Crippen LogP contribution in [-0.2, 0) is 4.79 Å². The van der Waals surface area contributed by atoms with Crippen LogP contribution >= 0.6 is 0 Å². The first kappa shape index (κ1) is 12.0. The van der Waals surface area contributed by atoms with Gasteiger partial charge in [-0.25, -0.2) is 4.98 Å². The van der Waals surface area contributed by atoms with Gasteiger partial charge >= 0.3 is 0 Å². The van der Waals surface area contributed by atoms with E-state index >= 15 is 0 Å². The van der Waals surface area contributed by atoms with Crippen molar-refractivity contribution in [2.75, 3.05) is 4.90 Å². The van der Waals surface area contributed by atoms with Gasteiger partial charge in [-0.05, 0) is 19.1 Å². The average molecular weight is 243 g/mol. The van der Waals surface area contributed by atoms with Gasteiger partial charge in [0.1, 0.15) is 6.04 Å². The van der Waals surface area contributed by atoms with Gasteiger partial charge in [0.2, 0.25) is 5.91 Å². The molecule has 0 saturated heterocycles. The molecule has 0 fully saturated rings. The van der Waals surface area contributed by atoms with E-state index in [0.717, 1.165) is 5.69 Å². The van der Waals surface area contributed by atoms with Crippen molar-refractivity contribution in [2.45, 2.75) is 13.0 Å². The molecule has 2 aromatic heterocycles. The highest BCUT2D eigenvalue weighted by Crippen LogP contribution is 2.24. The van der Waals surface area contributed by atoms with Crippen molar-refractivity contribution in [1.29, 1.82) is 0 Å². The topological polar surface area (TPSA) is 85.0 Å². The number of rotatable bonds is 4. The molecule has 2 N–H and O–H groups in total. The third-order valence-corrected chi connectivity index (χ3v) is 2.52. The minimum absolute atomic E-state index is 0.440. The SMILES string of the molecule is C[C@H](C(N)=O)N(c1cccnc1)c1cnccn1. The summed E-state index contributed by atoms with van der Waals surface area (Å²) in [5.41, 5.74) is 6.10. The molecule has 18 heavy (non-hydrogen) atoms. The Hall–Kier alpha value is -2.50. The summed E-state index contributed by atoms with van der Waals surface area (Å²) >= 11 is 0. The van der Waals surface area contributed by atoms with Gasteiger partial charge < -0.3 is 10.6 Å². The summed E-state index contributed by atoms with van der Waals surface area (Å²) in [6.45, 7) is 1.71. The number of amides is 1. The average Bonchev–Trinajstić information content (AvgIpc) is 2.41. The van der Waals surface area contributed by atoms with E-state index in [2.05, 4.69) is 15.0 Å². The highest BCUT2D eigenvalue weighted by molar-refractivity contribution is 5.85. The molecule has 0 saturated carbocycles. The zero-order valence-electron chi connectivity index (χ0n) is 9.89. The molecular weight excluding hydrogens is 230 g/mol. The molecule has 2 aromatic rings. The summed E-state index contributed by atoms with van der Waals surface area (Å²) in [5.74, 6) is 0.112. The number of hydrogen-bond donors (Lipinski definition) is 1. The van der Waals surface area contributed by atoms with E-state index in [0.29, 0.717) is 5.82 Å². The van der Waals surface area contributed by atoms with Crippen LogP contribution in [0.1, 0.15) is 6.92 Å². The molecule has 6 heteroatoms. The van der Waals surface area contributed by atoms with Crippen LogP contribution in [0.5, 0.6) is 0 Å². The lowest BCUT2D eigenvalue weighted by atomic mass is 10.2. The van der Waals surface area contributed by atoms with Crippen molar-refractivity contribution >= 4 is 17.4 Å². The molecule has 2 heterocycles. The van der Waals surface area contributed by atoms with Gasteiger partial charge in [0.15, 0.2) is 5.82 Å². The Balaban J connectivity index is 2.45. The zero-order chi connectivity index (χ0) is 13.0. The smallest absolute Gasteiger partial charge is 0.240 e. The minimum atomic E-state index is -0.536. The van der Waals surface area contributed by atoms with Crippen LogP contribution in [0.3, 0.4) is 0 Å². The van der Waals surface area contributed by atoms with E-state index < -0.39 is 11.9 Å². The fourth-order valence-corrected chi connectivity index (χ4v) is 1.59.